The van der Waals surface area contributed by atoms with Crippen LogP contribution in [0.1, 0.15) is 24.2 Å². The summed E-state index contributed by atoms with van der Waals surface area (Å²) in [5.41, 5.74) is 7.93. The second kappa shape index (κ2) is 6.59. The number of nitrogens with two attached hydrogens (primary N) is 1. The molecule has 0 saturated carbocycles. The van der Waals surface area contributed by atoms with E-state index in [-0.39, 0.29) is 30.9 Å². The van der Waals surface area contributed by atoms with Crippen molar-refractivity contribution < 1.29 is 0 Å². The van der Waals surface area contributed by atoms with Crippen molar-refractivity contribution in [3.05, 3.63) is 41.9 Å². The molecule has 0 aromatic carbocycles. The average Bonchev–Trinajstić information content (AvgIpc) is 2.61. The lowest BCUT2D eigenvalue weighted by molar-refractivity contribution is 0.787. The molecular formula is C11H16Cl2N4. The van der Waals surface area contributed by atoms with Gasteiger partial charge in [-0.05, 0) is 26.0 Å². The lowest BCUT2D eigenvalue weighted by atomic mass is 10.1. The van der Waals surface area contributed by atoms with E-state index >= 15 is 0 Å². The zero-order valence-corrected chi connectivity index (χ0v) is 11.3. The number of hydrogen-bond acceptors (Lipinski definition) is 3. The van der Waals surface area contributed by atoms with Gasteiger partial charge in [0.05, 0.1) is 6.20 Å². The summed E-state index contributed by atoms with van der Waals surface area (Å²) >= 11 is 0. The molecule has 94 valence electrons. The molecule has 1 atom stereocenters. The number of rotatable bonds is 2. The van der Waals surface area contributed by atoms with Crippen LogP contribution in [0.15, 0.2) is 30.6 Å². The summed E-state index contributed by atoms with van der Waals surface area (Å²) in [4.78, 5) is 4.24. The molecule has 0 spiro atoms. The normalized spacial score (nSPS) is 11.2. The molecule has 0 saturated heterocycles. The Bertz CT molecular complexity index is 454. The Labute approximate surface area is 113 Å². The molecule has 1 unspecified atom stereocenters. The molecule has 6 heteroatoms. The quantitative estimate of drug-likeness (QED) is 0.915. The molecule has 0 fully saturated rings. The van der Waals surface area contributed by atoms with Crippen LogP contribution in [0.4, 0.5) is 0 Å². The van der Waals surface area contributed by atoms with E-state index in [1.54, 1.807) is 17.1 Å². The molecule has 0 bridgehead atoms. The van der Waals surface area contributed by atoms with Crippen LogP contribution in [0.2, 0.25) is 0 Å². The van der Waals surface area contributed by atoms with Crippen LogP contribution >= 0.6 is 24.8 Å². The van der Waals surface area contributed by atoms with E-state index < -0.39 is 0 Å². The minimum atomic E-state index is 0. The second-order valence-corrected chi connectivity index (χ2v) is 3.57. The van der Waals surface area contributed by atoms with Crippen molar-refractivity contribution in [2.24, 2.45) is 5.73 Å². The lowest BCUT2D eigenvalue weighted by Crippen LogP contribution is -2.07. The van der Waals surface area contributed by atoms with Gasteiger partial charge in [0.15, 0.2) is 5.82 Å². The highest BCUT2D eigenvalue weighted by Gasteiger charge is 2.11. The summed E-state index contributed by atoms with van der Waals surface area (Å²) in [7, 11) is 0. The first-order valence-corrected chi connectivity index (χ1v) is 4.91. The first-order chi connectivity index (χ1) is 7.20. The van der Waals surface area contributed by atoms with E-state index in [4.69, 9.17) is 5.73 Å². The minimum absolute atomic E-state index is 0. The SMILES string of the molecule is Cc1c(C(C)N)cnn1-c1ccccn1.Cl.Cl. The Balaban J connectivity index is 0.00000128. The number of halogens is 2. The van der Waals surface area contributed by atoms with E-state index in [0.29, 0.717) is 0 Å². The van der Waals surface area contributed by atoms with Crippen molar-refractivity contribution in [1.82, 2.24) is 14.8 Å². The zero-order chi connectivity index (χ0) is 10.8. The summed E-state index contributed by atoms with van der Waals surface area (Å²) in [6, 6.07) is 5.75. The molecule has 0 amide bonds. The summed E-state index contributed by atoms with van der Waals surface area (Å²) in [5.74, 6) is 0.821. The Kier molecular flexibility index (Phi) is 6.16. The lowest BCUT2D eigenvalue weighted by Gasteiger charge is -2.05. The first-order valence-electron chi connectivity index (χ1n) is 4.91. The van der Waals surface area contributed by atoms with Gasteiger partial charge in [0.25, 0.3) is 0 Å². The van der Waals surface area contributed by atoms with Gasteiger partial charge in [-0.1, -0.05) is 6.07 Å². The Morgan fingerprint density at radius 1 is 1.29 bits per heavy atom. The standard InChI is InChI=1S/C11H14N4.2ClH/c1-8(12)10-7-14-15(9(10)2)11-5-3-4-6-13-11;;/h3-8H,12H2,1-2H3;2*1H. The van der Waals surface area contributed by atoms with Crippen LogP contribution in [0.3, 0.4) is 0 Å². The highest BCUT2D eigenvalue weighted by molar-refractivity contribution is 5.85. The topological polar surface area (TPSA) is 56.7 Å². The van der Waals surface area contributed by atoms with Crippen molar-refractivity contribution in [3.8, 4) is 5.82 Å². The number of pyridine rings is 1. The fraction of sp³-hybridized carbons (Fsp3) is 0.273. The van der Waals surface area contributed by atoms with Crippen LogP contribution in [-0.2, 0) is 0 Å². The molecule has 0 aliphatic heterocycles. The molecular weight excluding hydrogens is 259 g/mol. The van der Waals surface area contributed by atoms with E-state index in [0.717, 1.165) is 17.1 Å². The predicted octanol–water partition coefficient (Wildman–Crippen LogP) is 2.44. The fourth-order valence-electron chi connectivity index (χ4n) is 1.58. The molecule has 0 aliphatic rings. The van der Waals surface area contributed by atoms with Crippen molar-refractivity contribution in [2.75, 3.05) is 0 Å². The van der Waals surface area contributed by atoms with Gasteiger partial charge in [0.2, 0.25) is 0 Å². The highest BCUT2D eigenvalue weighted by Crippen LogP contribution is 2.16. The minimum Gasteiger partial charge on any atom is -0.324 e. The van der Waals surface area contributed by atoms with Gasteiger partial charge < -0.3 is 5.73 Å². The maximum Gasteiger partial charge on any atom is 0.153 e. The molecule has 17 heavy (non-hydrogen) atoms. The number of hydrogen-bond donors (Lipinski definition) is 1. The maximum absolute atomic E-state index is 5.83. The van der Waals surface area contributed by atoms with Crippen LogP contribution in [-0.4, -0.2) is 14.8 Å². The van der Waals surface area contributed by atoms with Crippen molar-refractivity contribution in [3.63, 3.8) is 0 Å². The van der Waals surface area contributed by atoms with Crippen molar-refractivity contribution >= 4 is 24.8 Å². The average molecular weight is 275 g/mol. The predicted molar refractivity (Wildman–Crippen MR) is 73.2 cm³/mol. The molecule has 2 rings (SSSR count). The number of aromatic nitrogens is 3. The van der Waals surface area contributed by atoms with Crippen LogP contribution in [0.25, 0.3) is 5.82 Å². The van der Waals surface area contributed by atoms with Gasteiger partial charge >= 0.3 is 0 Å². The van der Waals surface area contributed by atoms with E-state index in [1.807, 2.05) is 32.0 Å². The van der Waals surface area contributed by atoms with Crippen molar-refractivity contribution in [1.29, 1.82) is 0 Å². The summed E-state index contributed by atoms with van der Waals surface area (Å²) < 4.78 is 1.80. The molecule has 0 aliphatic carbocycles. The largest absolute Gasteiger partial charge is 0.324 e. The van der Waals surface area contributed by atoms with Crippen LogP contribution in [0.5, 0.6) is 0 Å². The molecule has 0 radical (unpaired) electrons. The monoisotopic (exact) mass is 274 g/mol. The second-order valence-electron chi connectivity index (χ2n) is 3.57. The molecule has 2 N–H and O–H groups in total. The third-order valence-corrected chi connectivity index (χ3v) is 2.40. The smallest absolute Gasteiger partial charge is 0.153 e. The van der Waals surface area contributed by atoms with Gasteiger partial charge in [0, 0.05) is 23.5 Å². The Hall–Kier alpha value is -1.10. The summed E-state index contributed by atoms with van der Waals surface area (Å²) in [5, 5.41) is 4.28. The third-order valence-electron chi connectivity index (χ3n) is 2.40. The maximum atomic E-state index is 5.83. The Morgan fingerprint density at radius 3 is 2.47 bits per heavy atom. The third kappa shape index (κ3) is 3.19. The van der Waals surface area contributed by atoms with Crippen molar-refractivity contribution in [2.45, 2.75) is 19.9 Å². The van der Waals surface area contributed by atoms with Gasteiger partial charge in [-0.2, -0.15) is 5.10 Å². The molecule has 2 heterocycles. The molecule has 2 aromatic rings. The van der Waals surface area contributed by atoms with E-state index in [1.165, 1.54) is 0 Å². The van der Waals surface area contributed by atoms with Gasteiger partial charge in [-0.15, -0.1) is 24.8 Å². The fourth-order valence-corrected chi connectivity index (χ4v) is 1.58. The van der Waals surface area contributed by atoms with Gasteiger partial charge in [-0.3, -0.25) is 0 Å². The van der Waals surface area contributed by atoms with Gasteiger partial charge in [-0.25, -0.2) is 9.67 Å². The summed E-state index contributed by atoms with van der Waals surface area (Å²) in [6.45, 7) is 3.95. The highest BCUT2D eigenvalue weighted by atomic mass is 35.5. The first kappa shape index (κ1) is 15.9. The van der Waals surface area contributed by atoms with E-state index in [9.17, 15) is 0 Å². The number of nitrogens with zero attached hydrogens (tertiary/aromatic N) is 3. The molecule has 2 aromatic heterocycles. The Morgan fingerprint density at radius 2 is 2.00 bits per heavy atom. The van der Waals surface area contributed by atoms with E-state index in [2.05, 4.69) is 10.1 Å². The zero-order valence-electron chi connectivity index (χ0n) is 9.70. The molecule has 4 nitrogen and oxygen atoms in total. The summed E-state index contributed by atoms with van der Waals surface area (Å²) in [6.07, 6.45) is 3.55. The van der Waals surface area contributed by atoms with Gasteiger partial charge in [0.1, 0.15) is 0 Å². The van der Waals surface area contributed by atoms with Crippen LogP contribution < -0.4 is 5.73 Å². The van der Waals surface area contributed by atoms with Crippen LogP contribution in [0, 0.1) is 6.92 Å².